The topological polar surface area (TPSA) is 74.5 Å². The Balaban J connectivity index is 1.40. The molecule has 0 spiro atoms. The van der Waals surface area contributed by atoms with Crippen LogP contribution in [0.1, 0.15) is 47.1 Å². The van der Waals surface area contributed by atoms with Crippen LogP contribution in [0.5, 0.6) is 0 Å². The highest BCUT2D eigenvalue weighted by Crippen LogP contribution is 2.35. The van der Waals surface area contributed by atoms with Gasteiger partial charge in [0.2, 0.25) is 0 Å². The lowest BCUT2D eigenvalue weighted by atomic mass is 9.89. The van der Waals surface area contributed by atoms with Crippen molar-refractivity contribution in [2.45, 2.75) is 19.3 Å². The number of aliphatic imine (C=N–C) groups is 1. The first-order valence-corrected chi connectivity index (χ1v) is 15.9. The van der Waals surface area contributed by atoms with Crippen LogP contribution < -0.4 is 5.84 Å². The van der Waals surface area contributed by atoms with Crippen LogP contribution in [-0.2, 0) is 0 Å². The van der Waals surface area contributed by atoms with Gasteiger partial charge in [-0.25, -0.2) is 4.99 Å². The van der Waals surface area contributed by atoms with Crippen molar-refractivity contribution in [3.63, 3.8) is 0 Å². The van der Waals surface area contributed by atoms with Crippen LogP contribution in [0.15, 0.2) is 162 Å². The van der Waals surface area contributed by atoms with E-state index in [1.54, 1.807) is 0 Å². The van der Waals surface area contributed by atoms with E-state index in [1.807, 2.05) is 42.5 Å². The number of fused-ring (bicyclic) bond motifs is 1. The van der Waals surface area contributed by atoms with Crippen molar-refractivity contribution in [3.8, 4) is 28.3 Å². The van der Waals surface area contributed by atoms with Crippen molar-refractivity contribution in [3.05, 3.63) is 179 Å². The summed E-state index contributed by atoms with van der Waals surface area (Å²) in [7, 11) is 0. The Morgan fingerprint density at radius 3 is 2.15 bits per heavy atom. The highest BCUT2D eigenvalue weighted by Gasteiger charge is 2.20. The highest BCUT2D eigenvalue weighted by atomic mass is 15.2. The number of benzene rings is 6. The molecule has 6 aromatic carbocycles. The van der Waals surface area contributed by atoms with Crippen molar-refractivity contribution in [1.29, 1.82) is 5.26 Å². The molecule has 0 amide bonds. The summed E-state index contributed by atoms with van der Waals surface area (Å²) in [5, 5.41) is 16.0. The molecule has 47 heavy (non-hydrogen) atoms. The molecule has 0 saturated heterocycles. The molecule has 4 nitrogen and oxygen atoms in total. The maximum atomic E-state index is 9.43. The van der Waals surface area contributed by atoms with Crippen LogP contribution in [0.3, 0.4) is 0 Å². The second-order valence-corrected chi connectivity index (χ2v) is 12.1. The van der Waals surface area contributed by atoms with Gasteiger partial charge in [-0.3, -0.25) is 0 Å². The molecule has 226 valence electrons. The van der Waals surface area contributed by atoms with E-state index in [0.717, 1.165) is 51.1 Å². The molecule has 0 fully saturated rings. The molecule has 0 heterocycles. The molecular weight excluding hydrogens is 573 g/mol. The number of hydrogen-bond acceptors (Lipinski definition) is 3. The number of nitriles is 1. The Bertz CT molecular complexity index is 2180. The van der Waals surface area contributed by atoms with E-state index in [0.29, 0.717) is 23.2 Å². The quantitative estimate of drug-likeness (QED) is 0.0674. The summed E-state index contributed by atoms with van der Waals surface area (Å²) < 4.78 is 0. The standard InChI is InChI=1S/C43H34N4/c1-29-9-7-15-39(29)33-21-23-35(24-22-33)43(47-45)46-42(34-11-3-2-4-12-34)38-26-36(31-19-17-30(28-44)18-20-31)25-37(27-38)41-16-8-13-32-10-5-6-14-40(32)41/h2-8,10-27,29,39H,9,45H2,1H3/b46-42-,47-43-. The predicted molar refractivity (Wildman–Crippen MR) is 194 cm³/mol. The SMILES string of the molecule is CC1CC=CC1c1ccc(C(=N/N)/N=C(/c2ccccc2)c2cc(-c3ccc(C#N)cc3)cc(-c3cccc4ccccc34)c2)cc1. The van der Waals surface area contributed by atoms with E-state index in [1.165, 1.54) is 16.3 Å². The van der Waals surface area contributed by atoms with Crippen LogP contribution >= 0.6 is 0 Å². The summed E-state index contributed by atoms with van der Waals surface area (Å²) in [6.45, 7) is 2.29. The van der Waals surface area contributed by atoms with Crippen LogP contribution in [0.2, 0.25) is 0 Å². The fourth-order valence-electron chi connectivity index (χ4n) is 6.54. The molecule has 0 saturated carbocycles. The van der Waals surface area contributed by atoms with E-state index < -0.39 is 0 Å². The second-order valence-electron chi connectivity index (χ2n) is 12.1. The lowest BCUT2D eigenvalue weighted by molar-refractivity contribution is 0.564. The Hall–Kier alpha value is -6.05. The number of amidine groups is 1. The maximum absolute atomic E-state index is 9.43. The predicted octanol–water partition coefficient (Wildman–Crippen LogP) is 9.88. The smallest absolute Gasteiger partial charge is 0.179 e. The minimum atomic E-state index is 0.420. The van der Waals surface area contributed by atoms with E-state index in [9.17, 15) is 5.26 Å². The number of hydrogen-bond donors (Lipinski definition) is 1. The third kappa shape index (κ3) is 6.12. The minimum Gasteiger partial charge on any atom is -0.321 e. The summed E-state index contributed by atoms with van der Waals surface area (Å²) in [6.07, 6.45) is 5.68. The summed E-state index contributed by atoms with van der Waals surface area (Å²) in [4.78, 5) is 5.19. The van der Waals surface area contributed by atoms with Crippen LogP contribution in [0.4, 0.5) is 0 Å². The van der Waals surface area contributed by atoms with Gasteiger partial charge < -0.3 is 5.84 Å². The molecule has 0 bridgehead atoms. The monoisotopic (exact) mass is 606 g/mol. The number of nitrogens with two attached hydrogens (primary N) is 1. The first kappa shape index (κ1) is 29.6. The molecular formula is C43H34N4. The zero-order valence-electron chi connectivity index (χ0n) is 26.2. The van der Waals surface area contributed by atoms with Gasteiger partial charge in [-0.15, -0.1) is 0 Å². The third-order valence-corrected chi connectivity index (χ3v) is 9.06. The average Bonchev–Trinajstić information content (AvgIpc) is 3.57. The molecule has 7 rings (SSSR count). The molecule has 4 heteroatoms. The molecule has 1 aliphatic rings. The molecule has 1 aliphatic carbocycles. The molecule has 2 unspecified atom stereocenters. The van der Waals surface area contributed by atoms with Gasteiger partial charge in [0.25, 0.3) is 0 Å². The number of nitrogens with zero attached hydrogens (tertiary/aromatic N) is 3. The van der Waals surface area contributed by atoms with Gasteiger partial charge in [0, 0.05) is 22.6 Å². The largest absolute Gasteiger partial charge is 0.321 e. The second kappa shape index (κ2) is 13.1. The zero-order chi connectivity index (χ0) is 32.2. The van der Waals surface area contributed by atoms with Crippen molar-refractivity contribution in [1.82, 2.24) is 0 Å². The van der Waals surface area contributed by atoms with Crippen LogP contribution in [-0.4, -0.2) is 11.5 Å². The molecule has 0 aromatic heterocycles. The number of allylic oxidation sites excluding steroid dienone is 2. The summed E-state index contributed by atoms with van der Waals surface area (Å²) in [6, 6.07) is 50.0. The fourth-order valence-corrected chi connectivity index (χ4v) is 6.54. The van der Waals surface area contributed by atoms with Gasteiger partial charge in [0.1, 0.15) is 0 Å². The van der Waals surface area contributed by atoms with Gasteiger partial charge in [-0.05, 0) is 81.3 Å². The molecule has 0 radical (unpaired) electrons. The van der Waals surface area contributed by atoms with Gasteiger partial charge in [-0.1, -0.05) is 128 Å². The van der Waals surface area contributed by atoms with Crippen LogP contribution in [0, 0.1) is 17.2 Å². The van der Waals surface area contributed by atoms with Gasteiger partial charge >= 0.3 is 0 Å². The van der Waals surface area contributed by atoms with E-state index in [-0.39, 0.29) is 0 Å². The van der Waals surface area contributed by atoms with Crippen molar-refractivity contribution in [2.24, 2.45) is 21.9 Å². The molecule has 2 atom stereocenters. The van der Waals surface area contributed by atoms with Gasteiger partial charge in [-0.2, -0.15) is 10.4 Å². The Kier molecular flexibility index (Phi) is 8.28. The number of rotatable bonds is 6. The van der Waals surface area contributed by atoms with Crippen molar-refractivity contribution in [2.75, 3.05) is 0 Å². The first-order valence-electron chi connectivity index (χ1n) is 15.9. The summed E-state index contributed by atoms with van der Waals surface area (Å²) in [5.41, 5.74) is 9.65. The van der Waals surface area contributed by atoms with Gasteiger partial charge in [0.15, 0.2) is 5.84 Å². The Labute approximate surface area is 275 Å². The average molecular weight is 607 g/mol. The lowest BCUT2D eigenvalue weighted by Crippen LogP contribution is -2.11. The maximum Gasteiger partial charge on any atom is 0.179 e. The fraction of sp³-hybridized carbons (Fsp3) is 0.0930. The third-order valence-electron chi connectivity index (χ3n) is 9.06. The zero-order valence-corrected chi connectivity index (χ0v) is 26.2. The minimum absolute atomic E-state index is 0.420. The normalized spacial score (nSPS) is 16.3. The number of hydrazone groups is 1. The Morgan fingerprint density at radius 1 is 0.702 bits per heavy atom. The molecule has 6 aromatic rings. The van der Waals surface area contributed by atoms with Crippen molar-refractivity contribution < 1.29 is 0 Å². The first-order chi connectivity index (χ1) is 23.1. The van der Waals surface area contributed by atoms with Crippen molar-refractivity contribution >= 4 is 22.3 Å². The van der Waals surface area contributed by atoms with E-state index in [4.69, 9.17) is 10.8 Å². The van der Waals surface area contributed by atoms with Crippen LogP contribution in [0.25, 0.3) is 33.0 Å². The summed E-state index contributed by atoms with van der Waals surface area (Å²) >= 11 is 0. The highest BCUT2D eigenvalue weighted by molar-refractivity contribution is 6.20. The van der Waals surface area contributed by atoms with Gasteiger partial charge in [0.05, 0.1) is 17.3 Å². The lowest BCUT2D eigenvalue weighted by Gasteiger charge is -2.16. The molecule has 0 aliphatic heterocycles. The molecule has 2 N–H and O–H groups in total. The Morgan fingerprint density at radius 2 is 1.43 bits per heavy atom. The van der Waals surface area contributed by atoms with E-state index >= 15 is 0 Å². The van der Waals surface area contributed by atoms with E-state index in [2.05, 4.69) is 127 Å². The summed E-state index contributed by atoms with van der Waals surface area (Å²) in [5.74, 6) is 7.53.